The van der Waals surface area contributed by atoms with Gasteiger partial charge in [-0.25, -0.2) is 0 Å². The quantitative estimate of drug-likeness (QED) is 0.730. The lowest BCUT2D eigenvalue weighted by atomic mass is 10.1. The van der Waals surface area contributed by atoms with Gasteiger partial charge in [-0.2, -0.15) is 0 Å². The third kappa shape index (κ3) is 2.87. The Bertz CT molecular complexity index is 861. The highest BCUT2D eigenvalue weighted by molar-refractivity contribution is 7.13. The molecule has 0 radical (unpaired) electrons. The third-order valence-electron chi connectivity index (χ3n) is 3.72. The molecule has 0 atom stereocenters. The summed E-state index contributed by atoms with van der Waals surface area (Å²) in [5.74, 6) is 1.57. The van der Waals surface area contributed by atoms with Crippen molar-refractivity contribution < 1.29 is 9.47 Å². The van der Waals surface area contributed by atoms with Crippen molar-refractivity contribution >= 4 is 11.3 Å². The fraction of sp³-hybridized carbons (Fsp3) is 0.167. The Labute approximate surface area is 138 Å². The zero-order chi connectivity index (χ0) is 16.4. The summed E-state index contributed by atoms with van der Waals surface area (Å²) in [6, 6.07) is 15.2. The van der Waals surface area contributed by atoms with Gasteiger partial charge in [-0.15, -0.1) is 0 Å². The molecule has 4 nitrogen and oxygen atoms in total. The molecule has 3 rings (SSSR count). The standard InChI is InChI=1S/C18H17NO3S/c1-12-17(13-4-8-15(21-2)9-5-13)23-18(20)19(12)14-6-10-16(22-3)11-7-14/h4-11H,1-3H3. The summed E-state index contributed by atoms with van der Waals surface area (Å²) in [6.07, 6.45) is 0. The van der Waals surface area contributed by atoms with Gasteiger partial charge in [0.1, 0.15) is 11.5 Å². The van der Waals surface area contributed by atoms with Gasteiger partial charge < -0.3 is 9.47 Å². The van der Waals surface area contributed by atoms with Crippen LogP contribution in [0, 0.1) is 6.92 Å². The van der Waals surface area contributed by atoms with Crippen LogP contribution in [0.3, 0.4) is 0 Å². The first-order valence-corrected chi connectivity index (χ1v) is 7.97. The minimum atomic E-state index is -0.00140. The SMILES string of the molecule is COc1ccc(-c2sc(=O)n(-c3ccc(OC)cc3)c2C)cc1. The summed E-state index contributed by atoms with van der Waals surface area (Å²) in [6.45, 7) is 1.96. The van der Waals surface area contributed by atoms with Gasteiger partial charge in [-0.3, -0.25) is 9.36 Å². The van der Waals surface area contributed by atoms with Crippen LogP contribution >= 0.6 is 11.3 Å². The lowest BCUT2D eigenvalue weighted by Crippen LogP contribution is -2.11. The van der Waals surface area contributed by atoms with Gasteiger partial charge in [0.15, 0.2) is 0 Å². The molecule has 0 fully saturated rings. The zero-order valence-electron chi connectivity index (χ0n) is 13.2. The number of thiazole rings is 1. The molecule has 0 saturated heterocycles. The number of methoxy groups -OCH3 is 2. The van der Waals surface area contributed by atoms with E-state index in [0.29, 0.717) is 0 Å². The topological polar surface area (TPSA) is 40.5 Å². The number of hydrogen-bond donors (Lipinski definition) is 0. The van der Waals surface area contributed by atoms with E-state index in [-0.39, 0.29) is 4.87 Å². The van der Waals surface area contributed by atoms with E-state index >= 15 is 0 Å². The molecule has 0 saturated carbocycles. The van der Waals surface area contributed by atoms with Gasteiger partial charge in [-0.1, -0.05) is 11.3 Å². The molecule has 3 aromatic rings. The Balaban J connectivity index is 2.06. The first kappa shape index (κ1) is 15.4. The molecule has 0 aliphatic carbocycles. The van der Waals surface area contributed by atoms with Crippen molar-refractivity contribution in [3.63, 3.8) is 0 Å². The Morgan fingerprint density at radius 2 is 1.39 bits per heavy atom. The first-order valence-electron chi connectivity index (χ1n) is 7.15. The van der Waals surface area contributed by atoms with Crippen LogP contribution < -0.4 is 14.3 Å². The summed E-state index contributed by atoms with van der Waals surface area (Å²) in [5.41, 5.74) is 2.78. The molecule has 0 aliphatic rings. The maximum Gasteiger partial charge on any atom is 0.312 e. The predicted octanol–water partition coefficient (Wildman–Crippen LogP) is 3.89. The van der Waals surface area contributed by atoms with Crippen LogP contribution in [-0.4, -0.2) is 18.8 Å². The molecule has 0 bridgehead atoms. The molecule has 0 amide bonds. The molecular formula is C18H17NO3S. The van der Waals surface area contributed by atoms with Crippen molar-refractivity contribution in [1.29, 1.82) is 0 Å². The predicted molar refractivity (Wildman–Crippen MR) is 93.2 cm³/mol. The fourth-order valence-electron chi connectivity index (χ4n) is 2.49. The Morgan fingerprint density at radius 1 is 0.870 bits per heavy atom. The van der Waals surface area contributed by atoms with Crippen molar-refractivity contribution in [2.24, 2.45) is 0 Å². The molecule has 0 aliphatic heterocycles. The summed E-state index contributed by atoms with van der Waals surface area (Å²) < 4.78 is 12.1. The van der Waals surface area contributed by atoms with Crippen LogP contribution in [0.4, 0.5) is 0 Å². The van der Waals surface area contributed by atoms with Crippen LogP contribution in [0.1, 0.15) is 5.69 Å². The zero-order valence-corrected chi connectivity index (χ0v) is 14.0. The van der Waals surface area contributed by atoms with Crippen LogP contribution in [-0.2, 0) is 0 Å². The summed E-state index contributed by atoms with van der Waals surface area (Å²) in [5, 5.41) is 0. The van der Waals surface area contributed by atoms with Crippen molar-refractivity contribution in [3.8, 4) is 27.6 Å². The average Bonchev–Trinajstić information content (AvgIpc) is 2.89. The fourth-order valence-corrected chi connectivity index (χ4v) is 3.49. The molecule has 2 aromatic carbocycles. The lowest BCUT2D eigenvalue weighted by Gasteiger charge is -2.07. The van der Waals surface area contributed by atoms with Gasteiger partial charge in [-0.05, 0) is 61.0 Å². The van der Waals surface area contributed by atoms with E-state index in [0.717, 1.165) is 33.3 Å². The Hall–Kier alpha value is -2.53. The second-order valence-corrected chi connectivity index (χ2v) is 6.01. The molecule has 0 N–H and O–H groups in total. The van der Waals surface area contributed by atoms with E-state index in [9.17, 15) is 4.79 Å². The molecule has 23 heavy (non-hydrogen) atoms. The minimum absolute atomic E-state index is 0.00140. The highest BCUT2D eigenvalue weighted by Gasteiger charge is 2.14. The molecule has 0 spiro atoms. The van der Waals surface area contributed by atoms with Crippen LogP contribution in [0.2, 0.25) is 0 Å². The molecule has 5 heteroatoms. The van der Waals surface area contributed by atoms with E-state index < -0.39 is 0 Å². The third-order valence-corrected chi connectivity index (χ3v) is 4.81. The van der Waals surface area contributed by atoms with Gasteiger partial charge in [0, 0.05) is 11.4 Å². The number of ether oxygens (including phenoxy) is 2. The van der Waals surface area contributed by atoms with Gasteiger partial charge in [0.05, 0.1) is 19.1 Å². The molecular weight excluding hydrogens is 310 g/mol. The van der Waals surface area contributed by atoms with Crippen molar-refractivity contribution in [3.05, 3.63) is 63.9 Å². The molecule has 1 aromatic heterocycles. The van der Waals surface area contributed by atoms with Crippen LogP contribution in [0.25, 0.3) is 16.1 Å². The number of benzene rings is 2. The smallest absolute Gasteiger partial charge is 0.312 e. The average molecular weight is 327 g/mol. The van der Waals surface area contributed by atoms with E-state index in [2.05, 4.69) is 0 Å². The van der Waals surface area contributed by atoms with Crippen LogP contribution in [0.5, 0.6) is 11.5 Å². The van der Waals surface area contributed by atoms with E-state index in [1.807, 2.05) is 55.5 Å². The Morgan fingerprint density at radius 3 is 1.91 bits per heavy atom. The minimum Gasteiger partial charge on any atom is -0.497 e. The monoisotopic (exact) mass is 327 g/mol. The first-order chi connectivity index (χ1) is 11.1. The Kier molecular flexibility index (Phi) is 4.21. The second kappa shape index (κ2) is 6.30. The van der Waals surface area contributed by atoms with Crippen molar-refractivity contribution in [1.82, 2.24) is 4.57 Å². The van der Waals surface area contributed by atoms with Crippen molar-refractivity contribution in [2.45, 2.75) is 6.92 Å². The number of aromatic nitrogens is 1. The van der Waals surface area contributed by atoms with Crippen molar-refractivity contribution in [2.75, 3.05) is 14.2 Å². The highest BCUT2D eigenvalue weighted by atomic mass is 32.1. The largest absolute Gasteiger partial charge is 0.497 e. The summed E-state index contributed by atoms with van der Waals surface area (Å²) >= 11 is 1.25. The normalized spacial score (nSPS) is 10.6. The van der Waals surface area contributed by atoms with Crippen LogP contribution in [0.15, 0.2) is 53.3 Å². The van der Waals surface area contributed by atoms with Gasteiger partial charge >= 0.3 is 4.87 Å². The maximum atomic E-state index is 12.4. The van der Waals surface area contributed by atoms with E-state index in [1.165, 1.54) is 11.3 Å². The summed E-state index contributed by atoms with van der Waals surface area (Å²) in [4.78, 5) is 13.4. The molecule has 118 valence electrons. The number of hydrogen-bond acceptors (Lipinski definition) is 4. The summed E-state index contributed by atoms with van der Waals surface area (Å²) in [7, 11) is 3.26. The maximum absolute atomic E-state index is 12.4. The second-order valence-electron chi connectivity index (χ2n) is 5.04. The van der Waals surface area contributed by atoms with Gasteiger partial charge in [0.25, 0.3) is 0 Å². The highest BCUT2D eigenvalue weighted by Crippen LogP contribution is 2.29. The van der Waals surface area contributed by atoms with E-state index in [4.69, 9.17) is 9.47 Å². The molecule has 0 unspecified atom stereocenters. The lowest BCUT2D eigenvalue weighted by molar-refractivity contribution is 0.414. The number of rotatable bonds is 4. The van der Waals surface area contributed by atoms with Gasteiger partial charge in [0.2, 0.25) is 0 Å². The molecule has 1 heterocycles. The number of nitrogens with zero attached hydrogens (tertiary/aromatic N) is 1. The van der Waals surface area contributed by atoms with E-state index in [1.54, 1.807) is 18.8 Å².